The van der Waals surface area contributed by atoms with Gasteiger partial charge in [-0.3, -0.25) is 0 Å². The van der Waals surface area contributed by atoms with Crippen molar-refractivity contribution in [2.75, 3.05) is 13.1 Å². The van der Waals surface area contributed by atoms with Gasteiger partial charge in [-0.15, -0.1) is 0 Å². The van der Waals surface area contributed by atoms with E-state index in [1.54, 1.807) is 4.90 Å². The van der Waals surface area contributed by atoms with E-state index in [1.807, 2.05) is 20.8 Å². The molecule has 6 heteroatoms. The fourth-order valence-electron chi connectivity index (χ4n) is 3.03. The first kappa shape index (κ1) is 20.2. The molecule has 1 fully saturated rings. The van der Waals surface area contributed by atoms with Crippen LogP contribution in [0.4, 0.5) is 4.79 Å². The molecule has 1 aliphatic rings. The number of ether oxygens (including phenoxy) is 1. The first-order valence-corrected chi connectivity index (χ1v) is 11.2. The second-order valence-corrected chi connectivity index (χ2v) is 11.2. The molecule has 1 aliphatic heterocycles. The van der Waals surface area contributed by atoms with Crippen LogP contribution in [0.15, 0.2) is 0 Å². The number of carbonyl (C=O) groups is 2. The minimum Gasteiger partial charge on any atom is -0.444 e. The van der Waals surface area contributed by atoms with Gasteiger partial charge in [0.15, 0.2) is 9.04 Å². The molecule has 1 amide bonds. The van der Waals surface area contributed by atoms with E-state index >= 15 is 0 Å². The monoisotopic (exact) mass is 343 g/mol. The van der Waals surface area contributed by atoms with Crippen LogP contribution in [0, 0.1) is 17.3 Å². The van der Waals surface area contributed by atoms with Crippen molar-refractivity contribution in [1.82, 2.24) is 4.90 Å². The van der Waals surface area contributed by atoms with Crippen molar-refractivity contribution in [3.8, 4) is 0 Å². The SMILES string of the molecule is C[SiH](C)OC(C1CN(C(=O)OC(C)(C)C)CC1C=O)C(C)(C)C. The van der Waals surface area contributed by atoms with Gasteiger partial charge >= 0.3 is 6.09 Å². The maximum atomic E-state index is 12.3. The Balaban J connectivity index is 2.93. The van der Waals surface area contributed by atoms with Gasteiger partial charge in [0.05, 0.1) is 6.10 Å². The van der Waals surface area contributed by atoms with Crippen molar-refractivity contribution in [2.24, 2.45) is 17.3 Å². The Morgan fingerprint density at radius 3 is 2.13 bits per heavy atom. The molecule has 0 bridgehead atoms. The highest BCUT2D eigenvalue weighted by Gasteiger charge is 2.45. The van der Waals surface area contributed by atoms with E-state index in [0.29, 0.717) is 13.1 Å². The summed E-state index contributed by atoms with van der Waals surface area (Å²) in [4.78, 5) is 25.5. The average Bonchev–Trinajstić information content (AvgIpc) is 2.76. The molecule has 3 atom stereocenters. The highest BCUT2D eigenvalue weighted by molar-refractivity contribution is 6.48. The maximum absolute atomic E-state index is 12.3. The summed E-state index contributed by atoms with van der Waals surface area (Å²) in [7, 11) is -1.25. The minimum atomic E-state index is -1.25. The van der Waals surface area contributed by atoms with Gasteiger partial charge in [0.2, 0.25) is 0 Å². The first-order chi connectivity index (χ1) is 10.3. The predicted molar refractivity (Wildman–Crippen MR) is 94.1 cm³/mol. The lowest BCUT2D eigenvalue weighted by molar-refractivity contribution is -0.113. The summed E-state index contributed by atoms with van der Waals surface area (Å²) in [5, 5.41) is 0. The van der Waals surface area contributed by atoms with Crippen LogP contribution in [0.25, 0.3) is 0 Å². The lowest BCUT2D eigenvalue weighted by Gasteiger charge is -2.38. The first-order valence-electron chi connectivity index (χ1n) is 8.44. The maximum Gasteiger partial charge on any atom is 0.410 e. The van der Waals surface area contributed by atoms with Gasteiger partial charge in [0.1, 0.15) is 11.9 Å². The second kappa shape index (κ2) is 7.34. The van der Waals surface area contributed by atoms with Gasteiger partial charge in [0, 0.05) is 24.9 Å². The van der Waals surface area contributed by atoms with Gasteiger partial charge in [0.25, 0.3) is 0 Å². The summed E-state index contributed by atoms with van der Waals surface area (Å²) in [6.07, 6.45) is 0.594. The second-order valence-electron chi connectivity index (χ2n) is 8.82. The van der Waals surface area contributed by atoms with Crippen LogP contribution in [-0.2, 0) is 14.0 Å². The van der Waals surface area contributed by atoms with Crippen LogP contribution in [0.5, 0.6) is 0 Å². The summed E-state index contributed by atoms with van der Waals surface area (Å²) < 4.78 is 11.7. The number of hydrogen-bond acceptors (Lipinski definition) is 4. The van der Waals surface area contributed by atoms with E-state index in [2.05, 4.69) is 33.9 Å². The molecule has 1 heterocycles. The third-order valence-electron chi connectivity index (χ3n) is 3.90. The van der Waals surface area contributed by atoms with E-state index in [9.17, 15) is 9.59 Å². The zero-order chi connectivity index (χ0) is 18.0. The molecule has 0 aromatic heterocycles. The van der Waals surface area contributed by atoms with Gasteiger partial charge in [-0.05, 0) is 39.3 Å². The number of aldehydes is 1. The number of amides is 1. The Morgan fingerprint density at radius 1 is 1.17 bits per heavy atom. The van der Waals surface area contributed by atoms with Crippen molar-refractivity contribution < 1.29 is 18.8 Å². The molecular weight excluding hydrogens is 310 g/mol. The standard InChI is InChI=1S/C17H33NO4Si/c1-16(2,3)14(22-23(7)8)13-10-18(9-12(13)11-19)15(20)21-17(4,5)6/h11-14,23H,9-10H2,1-8H3. The number of likely N-dealkylation sites (tertiary alicyclic amines) is 1. The molecule has 0 saturated carbocycles. The van der Waals surface area contributed by atoms with Crippen molar-refractivity contribution in [3.63, 3.8) is 0 Å². The number of hydrogen-bond donors (Lipinski definition) is 0. The van der Waals surface area contributed by atoms with Gasteiger partial charge in [-0.25, -0.2) is 4.79 Å². The topological polar surface area (TPSA) is 55.8 Å². The van der Waals surface area contributed by atoms with Gasteiger partial charge in [-0.1, -0.05) is 20.8 Å². The lowest BCUT2D eigenvalue weighted by atomic mass is 9.77. The zero-order valence-electron chi connectivity index (χ0n) is 15.9. The Labute approximate surface area is 142 Å². The van der Waals surface area contributed by atoms with E-state index < -0.39 is 14.6 Å². The molecule has 1 saturated heterocycles. The smallest absolute Gasteiger partial charge is 0.410 e. The van der Waals surface area contributed by atoms with Gasteiger partial charge < -0.3 is 18.9 Å². The van der Waals surface area contributed by atoms with Crippen molar-refractivity contribution >= 4 is 21.4 Å². The molecule has 5 nitrogen and oxygen atoms in total. The van der Waals surface area contributed by atoms with Crippen molar-refractivity contribution in [2.45, 2.75) is 66.3 Å². The molecule has 0 N–H and O–H groups in total. The molecule has 1 rings (SSSR count). The van der Waals surface area contributed by atoms with Crippen molar-refractivity contribution in [3.05, 3.63) is 0 Å². The number of nitrogens with zero attached hydrogens (tertiary/aromatic N) is 1. The molecule has 0 aliphatic carbocycles. The van der Waals surface area contributed by atoms with Crippen LogP contribution in [0.3, 0.4) is 0 Å². The quantitative estimate of drug-likeness (QED) is 0.581. The van der Waals surface area contributed by atoms with Gasteiger partial charge in [-0.2, -0.15) is 0 Å². The van der Waals surface area contributed by atoms with Crippen LogP contribution in [-0.4, -0.2) is 51.1 Å². The van der Waals surface area contributed by atoms with Crippen molar-refractivity contribution in [1.29, 1.82) is 0 Å². The molecule has 0 spiro atoms. The Kier molecular flexibility index (Phi) is 6.44. The normalized spacial score (nSPS) is 24.0. The summed E-state index contributed by atoms with van der Waals surface area (Å²) in [5.74, 6) is -0.172. The lowest BCUT2D eigenvalue weighted by Crippen LogP contribution is -2.43. The third kappa shape index (κ3) is 5.92. The molecule has 3 unspecified atom stereocenters. The Hall–Kier alpha value is -0.883. The Morgan fingerprint density at radius 2 is 1.74 bits per heavy atom. The van der Waals surface area contributed by atoms with Crippen LogP contribution < -0.4 is 0 Å². The van der Waals surface area contributed by atoms with E-state index in [0.717, 1.165) is 6.29 Å². The molecule has 23 heavy (non-hydrogen) atoms. The van der Waals surface area contributed by atoms with E-state index in [1.165, 1.54) is 0 Å². The minimum absolute atomic E-state index is 0.0231. The third-order valence-corrected chi connectivity index (χ3v) is 4.74. The summed E-state index contributed by atoms with van der Waals surface area (Å²) in [5.41, 5.74) is -0.607. The number of carbonyl (C=O) groups excluding carboxylic acids is 2. The van der Waals surface area contributed by atoms with E-state index in [-0.39, 0.29) is 29.4 Å². The fraction of sp³-hybridized carbons (Fsp3) is 0.882. The molecular formula is C17H33NO4Si. The van der Waals surface area contributed by atoms with Crippen LogP contribution >= 0.6 is 0 Å². The highest BCUT2D eigenvalue weighted by Crippen LogP contribution is 2.37. The highest BCUT2D eigenvalue weighted by atomic mass is 28.3. The van der Waals surface area contributed by atoms with E-state index in [4.69, 9.17) is 9.16 Å². The summed E-state index contributed by atoms with van der Waals surface area (Å²) in [6.45, 7) is 17.1. The zero-order valence-corrected chi connectivity index (χ0v) is 17.0. The average molecular weight is 344 g/mol. The largest absolute Gasteiger partial charge is 0.444 e. The molecule has 0 aromatic carbocycles. The Bertz CT molecular complexity index is 425. The predicted octanol–water partition coefficient (Wildman–Crippen LogP) is 3.08. The van der Waals surface area contributed by atoms with Crippen LogP contribution in [0.2, 0.25) is 13.1 Å². The van der Waals surface area contributed by atoms with Crippen LogP contribution in [0.1, 0.15) is 41.5 Å². The molecule has 0 radical (unpaired) electrons. The summed E-state index contributed by atoms with van der Waals surface area (Å²) in [6, 6.07) is 0. The molecule has 134 valence electrons. The summed E-state index contributed by atoms with van der Waals surface area (Å²) >= 11 is 0. The number of rotatable bonds is 4. The molecule has 0 aromatic rings. The fourth-order valence-corrected chi connectivity index (χ4v) is 4.23.